The van der Waals surface area contributed by atoms with Crippen LogP contribution >= 0.6 is 0 Å². The van der Waals surface area contributed by atoms with Gasteiger partial charge in [-0.3, -0.25) is 0 Å². The van der Waals surface area contributed by atoms with Crippen molar-refractivity contribution in [2.75, 3.05) is 4.90 Å². The highest BCUT2D eigenvalue weighted by Gasteiger charge is 2.16. The van der Waals surface area contributed by atoms with Gasteiger partial charge in [0, 0.05) is 33.5 Å². The fraction of sp³-hybridized carbons (Fsp3) is 0. The highest BCUT2D eigenvalue weighted by atomic mass is 15.1. The van der Waals surface area contributed by atoms with Crippen LogP contribution in [0.1, 0.15) is 16.4 Å². The molecule has 2 heteroatoms. The Balaban J connectivity index is 1.18. The minimum Gasteiger partial charge on any atom is -0.311 e. The van der Waals surface area contributed by atoms with Gasteiger partial charge >= 0.3 is 0 Å². The van der Waals surface area contributed by atoms with Crippen molar-refractivity contribution >= 4 is 60.4 Å². The number of rotatable bonds is 7. The number of hydrogen-bond acceptors (Lipinski definition) is 1. The number of hydrogen-bond donors (Lipinski definition) is 0. The Labute approximate surface area is 355 Å². The molecule has 11 rings (SSSR count). The molecule has 0 amide bonds. The number of para-hydroxylation sites is 2. The van der Waals surface area contributed by atoms with Crippen molar-refractivity contribution in [2.24, 2.45) is 0 Å². The molecule has 1 heterocycles. The van der Waals surface area contributed by atoms with Crippen molar-refractivity contribution in [2.45, 2.75) is 0 Å². The average molecular weight is 751 g/mol. The van der Waals surface area contributed by atoms with Gasteiger partial charge in [-0.2, -0.15) is 0 Å². The van der Waals surface area contributed by atoms with Gasteiger partial charge in [0.15, 0.2) is 0 Å². The van der Waals surface area contributed by atoms with Crippen LogP contribution in [-0.2, 0) is 0 Å². The molecule has 0 saturated heterocycles. The zero-order valence-electron chi connectivity index (χ0n) is 42.9. The lowest BCUT2D eigenvalue weighted by atomic mass is 9.97. The van der Waals surface area contributed by atoms with Gasteiger partial charge in [-0.25, -0.2) is 0 Å². The first kappa shape index (κ1) is 23.4. The van der Waals surface area contributed by atoms with Crippen molar-refractivity contribution in [1.82, 2.24) is 4.57 Å². The van der Waals surface area contributed by atoms with Crippen LogP contribution in [0.25, 0.3) is 82.4 Å². The van der Waals surface area contributed by atoms with Gasteiger partial charge in [-0.15, -0.1) is 0 Å². The zero-order valence-corrected chi connectivity index (χ0v) is 30.9. The summed E-state index contributed by atoms with van der Waals surface area (Å²) in [6.45, 7) is 0. The Bertz CT molecular complexity index is 3720. The quantitative estimate of drug-likeness (QED) is 0.157. The molecule has 0 atom stereocenters. The number of benzene rings is 10. The summed E-state index contributed by atoms with van der Waals surface area (Å²) < 4.78 is 117. The Hall–Kier alpha value is -7.68. The van der Waals surface area contributed by atoms with E-state index in [1.165, 1.54) is 0 Å². The molecule has 0 aliphatic heterocycles. The van der Waals surface area contributed by atoms with Gasteiger partial charge in [-0.1, -0.05) is 170 Å². The molecule has 0 saturated carbocycles. The SMILES string of the molecule is [2H]c1c([2H])c(N(c2c([2H])c([2H])c(-c3cccc4ccccc34)c([2H])c2[2H])c2c([2H])c([2H])c(-c3cccc4ccccc34)c([2H])c2[2H])c([2H])c([2H])c1-c1cccc(-n2c3ccccc3c3ccccc32)c1. The van der Waals surface area contributed by atoms with Gasteiger partial charge in [0.2, 0.25) is 0 Å². The predicted octanol–water partition coefficient (Wildman–Crippen LogP) is 15.6. The van der Waals surface area contributed by atoms with Crippen molar-refractivity contribution in [1.29, 1.82) is 0 Å². The molecule has 0 radical (unpaired) electrons. The van der Waals surface area contributed by atoms with E-state index in [1.54, 1.807) is 54.6 Å². The van der Waals surface area contributed by atoms with Crippen LogP contribution in [0.5, 0.6) is 0 Å². The lowest BCUT2D eigenvalue weighted by Gasteiger charge is -2.26. The van der Waals surface area contributed by atoms with Crippen molar-refractivity contribution in [3.05, 3.63) is 230 Å². The molecule has 0 aliphatic carbocycles. The molecule has 10 aromatic carbocycles. The molecule has 11 aromatic rings. The largest absolute Gasteiger partial charge is 0.311 e. The number of fused-ring (bicyclic) bond motifs is 5. The summed E-state index contributed by atoms with van der Waals surface area (Å²) in [5.41, 5.74) is 1.80. The van der Waals surface area contributed by atoms with Crippen LogP contribution in [0.2, 0.25) is 0 Å². The fourth-order valence-corrected chi connectivity index (χ4v) is 7.89. The summed E-state index contributed by atoms with van der Waals surface area (Å²) in [6.07, 6.45) is 0. The Morgan fingerprint density at radius 1 is 0.328 bits per heavy atom. The van der Waals surface area contributed by atoms with E-state index < -0.39 is 89.6 Å². The third-order valence-electron chi connectivity index (χ3n) is 10.6. The molecule has 2 nitrogen and oxygen atoms in total. The standard InChI is InChI=1S/C56H38N2/c1-3-18-49-40(12-1)14-10-22-51(49)42-28-34-46(35-29-42)57(47-36-30-43(31-37-47)52-23-11-15-41-13-2-4-19-50(41)52)45-32-26-39(27-33-45)44-16-9-17-48(38-44)58-55-24-7-5-20-53(55)54-21-6-8-25-56(54)58/h1-38H/i26D,27D,28D,29D,30D,31D,32D,33D,34D,35D,36D,37D. The lowest BCUT2D eigenvalue weighted by molar-refractivity contribution is 1.18. The summed E-state index contributed by atoms with van der Waals surface area (Å²) >= 11 is 0. The molecule has 0 fully saturated rings. The second-order valence-corrected chi connectivity index (χ2v) is 14.0. The maximum atomic E-state index is 9.72. The number of anilines is 3. The minimum atomic E-state index is -0.678. The topological polar surface area (TPSA) is 8.17 Å². The molecular weight excluding hydrogens is 701 g/mol. The average Bonchev–Trinajstić information content (AvgIpc) is 3.72. The molecule has 272 valence electrons. The highest BCUT2D eigenvalue weighted by molar-refractivity contribution is 6.09. The smallest absolute Gasteiger partial charge is 0.0645 e. The second-order valence-electron chi connectivity index (χ2n) is 14.0. The number of aromatic nitrogens is 1. The van der Waals surface area contributed by atoms with Crippen LogP contribution in [-0.4, -0.2) is 4.57 Å². The molecule has 0 N–H and O–H groups in total. The highest BCUT2D eigenvalue weighted by Crippen LogP contribution is 2.40. The maximum absolute atomic E-state index is 9.72. The van der Waals surface area contributed by atoms with E-state index in [0.717, 1.165) is 37.5 Å². The monoisotopic (exact) mass is 750 g/mol. The summed E-state index contributed by atoms with van der Waals surface area (Å²) in [5, 5.41) is 4.96. The van der Waals surface area contributed by atoms with Gasteiger partial charge in [-0.05, 0) is 115 Å². The van der Waals surface area contributed by atoms with E-state index in [1.807, 2.05) is 103 Å². The molecule has 0 bridgehead atoms. The first-order chi connectivity index (χ1) is 33.8. The predicted molar refractivity (Wildman–Crippen MR) is 247 cm³/mol. The zero-order chi connectivity index (χ0) is 48.9. The molecule has 0 aliphatic rings. The third kappa shape index (κ3) is 5.82. The van der Waals surface area contributed by atoms with Gasteiger partial charge in [0.1, 0.15) is 0 Å². The Morgan fingerprint density at radius 3 is 1.22 bits per heavy atom. The normalized spacial score (nSPS) is 14.3. The maximum Gasteiger partial charge on any atom is 0.0645 e. The van der Waals surface area contributed by atoms with Gasteiger partial charge in [0.05, 0.1) is 27.5 Å². The molecule has 1 aromatic heterocycles. The van der Waals surface area contributed by atoms with Crippen molar-refractivity contribution in [3.8, 4) is 39.1 Å². The molecule has 0 unspecified atom stereocenters. The van der Waals surface area contributed by atoms with Crippen molar-refractivity contribution in [3.63, 3.8) is 0 Å². The van der Waals surface area contributed by atoms with Crippen LogP contribution < -0.4 is 4.90 Å². The van der Waals surface area contributed by atoms with Gasteiger partial charge < -0.3 is 9.47 Å². The van der Waals surface area contributed by atoms with Crippen molar-refractivity contribution < 1.29 is 16.4 Å². The Kier molecular flexibility index (Phi) is 5.70. The van der Waals surface area contributed by atoms with E-state index in [-0.39, 0.29) is 16.7 Å². The first-order valence-electron chi connectivity index (χ1n) is 25.0. The first-order valence-corrected chi connectivity index (χ1v) is 19.0. The summed E-state index contributed by atoms with van der Waals surface area (Å²) in [7, 11) is 0. The van der Waals surface area contributed by atoms with E-state index in [2.05, 4.69) is 4.57 Å². The fourth-order valence-electron chi connectivity index (χ4n) is 7.89. The van der Waals surface area contributed by atoms with Crippen LogP contribution in [0.15, 0.2) is 230 Å². The van der Waals surface area contributed by atoms with Gasteiger partial charge in [0.25, 0.3) is 0 Å². The number of nitrogens with zero attached hydrogens (tertiary/aromatic N) is 2. The lowest BCUT2D eigenvalue weighted by Crippen LogP contribution is -2.09. The Morgan fingerprint density at radius 2 is 0.724 bits per heavy atom. The van der Waals surface area contributed by atoms with E-state index in [4.69, 9.17) is 0 Å². The molecule has 0 spiro atoms. The summed E-state index contributed by atoms with van der Waals surface area (Å²) in [4.78, 5) is 0.861. The van der Waals surface area contributed by atoms with E-state index in [0.29, 0.717) is 33.2 Å². The van der Waals surface area contributed by atoms with E-state index in [9.17, 15) is 16.4 Å². The molecular formula is C56H38N2. The second kappa shape index (κ2) is 14.1. The third-order valence-corrected chi connectivity index (χ3v) is 10.6. The summed E-state index contributed by atoms with van der Waals surface area (Å²) in [6, 6.07) is 41.2. The van der Waals surface area contributed by atoms with Crippen LogP contribution in [0, 0.1) is 0 Å². The summed E-state index contributed by atoms with van der Waals surface area (Å²) in [5.74, 6) is 0. The van der Waals surface area contributed by atoms with Crippen LogP contribution in [0.3, 0.4) is 0 Å². The molecule has 58 heavy (non-hydrogen) atoms. The minimum absolute atomic E-state index is 0.0422. The van der Waals surface area contributed by atoms with E-state index >= 15 is 0 Å². The van der Waals surface area contributed by atoms with Crippen LogP contribution in [0.4, 0.5) is 17.1 Å².